The van der Waals surface area contributed by atoms with Crippen LogP contribution in [0, 0.1) is 31.6 Å². The summed E-state index contributed by atoms with van der Waals surface area (Å²) in [5.74, 6) is 1.49. The molecule has 3 rings (SSSR count). The number of hydrogen-bond acceptors (Lipinski definition) is 2. The Kier molecular flexibility index (Phi) is 2.78. The number of hydrogen-bond donors (Lipinski definition) is 1. The number of carbonyl (C=O) groups is 1. The third kappa shape index (κ3) is 1.71. The summed E-state index contributed by atoms with van der Waals surface area (Å²) < 4.78 is 0. The van der Waals surface area contributed by atoms with Crippen LogP contribution in [0.4, 0.5) is 0 Å². The minimum absolute atomic E-state index is 0.0734. The van der Waals surface area contributed by atoms with E-state index in [1.165, 1.54) is 19.3 Å². The zero-order valence-electron chi connectivity index (χ0n) is 11.1. The van der Waals surface area contributed by atoms with E-state index in [4.69, 9.17) is 5.73 Å². The van der Waals surface area contributed by atoms with Crippen molar-refractivity contribution in [2.75, 3.05) is 0 Å². The molecular formula is C16H21NO. The van der Waals surface area contributed by atoms with E-state index in [9.17, 15) is 4.79 Å². The van der Waals surface area contributed by atoms with E-state index in [-0.39, 0.29) is 17.7 Å². The van der Waals surface area contributed by atoms with Gasteiger partial charge in [0, 0.05) is 17.5 Å². The molecule has 2 aliphatic carbocycles. The molecule has 0 aliphatic heterocycles. The molecule has 2 fully saturated rings. The first-order valence-corrected chi connectivity index (χ1v) is 6.95. The van der Waals surface area contributed by atoms with Crippen molar-refractivity contribution in [2.24, 2.45) is 23.5 Å². The molecule has 0 spiro atoms. The average molecular weight is 243 g/mol. The molecule has 2 saturated carbocycles. The van der Waals surface area contributed by atoms with Crippen molar-refractivity contribution in [3.63, 3.8) is 0 Å². The molecule has 1 aromatic rings. The lowest BCUT2D eigenvalue weighted by molar-refractivity contribution is 0.0855. The Balaban J connectivity index is 1.93. The second-order valence-electron chi connectivity index (χ2n) is 6.12. The van der Waals surface area contributed by atoms with Crippen LogP contribution in [-0.2, 0) is 0 Å². The highest BCUT2D eigenvalue weighted by Gasteiger charge is 2.49. The minimum atomic E-state index is 0.0734. The molecule has 0 heterocycles. The first kappa shape index (κ1) is 11.9. The molecule has 2 nitrogen and oxygen atoms in total. The summed E-state index contributed by atoms with van der Waals surface area (Å²) in [5, 5.41) is 0. The third-order valence-electron chi connectivity index (χ3n) is 4.94. The Hall–Kier alpha value is -1.15. The average Bonchev–Trinajstić information content (AvgIpc) is 2.92. The van der Waals surface area contributed by atoms with Crippen molar-refractivity contribution in [1.82, 2.24) is 0 Å². The molecule has 4 unspecified atom stereocenters. The maximum Gasteiger partial charge on any atom is 0.168 e. The summed E-state index contributed by atoms with van der Waals surface area (Å²) >= 11 is 0. The van der Waals surface area contributed by atoms with Gasteiger partial charge >= 0.3 is 0 Å². The fourth-order valence-corrected chi connectivity index (χ4v) is 3.91. The monoisotopic (exact) mass is 243 g/mol. The van der Waals surface area contributed by atoms with Gasteiger partial charge in [-0.1, -0.05) is 17.7 Å². The number of carbonyl (C=O) groups excluding carboxylic acids is 1. The smallest absolute Gasteiger partial charge is 0.168 e. The van der Waals surface area contributed by atoms with Crippen LogP contribution in [0.5, 0.6) is 0 Å². The molecule has 0 radical (unpaired) electrons. The Morgan fingerprint density at radius 3 is 2.61 bits per heavy atom. The zero-order chi connectivity index (χ0) is 12.9. The molecule has 2 aliphatic rings. The van der Waals surface area contributed by atoms with Crippen molar-refractivity contribution >= 4 is 5.78 Å². The molecular weight excluding hydrogens is 222 g/mol. The van der Waals surface area contributed by atoms with E-state index >= 15 is 0 Å². The normalized spacial score (nSPS) is 33.9. The number of rotatable bonds is 2. The Morgan fingerprint density at radius 2 is 1.94 bits per heavy atom. The summed E-state index contributed by atoms with van der Waals surface area (Å²) in [7, 11) is 0. The standard InChI is InChI=1S/C16H21NO/c1-9-3-4-10(2)13(7-9)16(18)14-11-5-6-12(8-11)15(14)17/h3-4,7,11-12,14-15H,5-6,8,17H2,1-2H3. The molecule has 2 bridgehead atoms. The van der Waals surface area contributed by atoms with E-state index in [1.54, 1.807) is 0 Å². The summed E-state index contributed by atoms with van der Waals surface area (Å²) in [6.07, 6.45) is 3.59. The van der Waals surface area contributed by atoms with Gasteiger partial charge in [0.1, 0.15) is 0 Å². The lowest BCUT2D eigenvalue weighted by atomic mass is 9.79. The van der Waals surface area contributed by atoms with Gasteiger partial charge in [0.2, 0.25) is 0 Å². The van der Waals surface area contributed by atoms with E-state index in [1.807, 2.05) is 26.0 Å². The van der Waals surface area contributed by atoms with Gasteiger partial charge in [-0.3, -0.25) is 4.79 Å². The van der Waals surface area contributed by atoms with Crippen LogP contribution in [0.3, 0.4) is 0 Å². The molecule has 18 heavy (non-hydrogen) atoms. The van der Waals surface area contributed by atoms with Gasteiger partial charge in [0.05, 0.1) is 0 Å². The van der Waals surface area contributed by atoms with Gasteiger partial charge in [-0.2, -0.15) is 0 Å². The molecule has 0 saturated heterocycles. The summed E-state index contributed by atoms with van der Waals surface area (Å²) in [5.41, 5.74) is 9.40. The van der Waals surface area contributed by atoms with E-state index < -0.39 is 0 Å². The highest BCUT2D eigenvalue weighted by molar-refractivity contribution is 6.00. The van der Waals surface area contributed by atoms with E-state index in [0.29, 0.717) is 11.8 Å². The van der Waals surface area contributed by atoms with E-state index in [0.717, 1.165) is 16.7 Å². The van der Waals surface area contributed by atoms with Gasteiger partial charge in [0.25, 0.3) is 0 Å². The predicted molar refractivity (Wildman–Crippen MR) is 72.5 cm³/mol. The van der Waals surface area contributed by atoms with Crippen molar-refractivity contribution in [2.45, 2.75) is 39.2 Å². The highest BCUT2D eigenvalue weighted by atomic mass is 16.1. The van der Waals surface area contributed by atoms with Gasteiger partial charge < -0.3 is 5.73 Å². The van der Waals surface area contributed by atoms with Crippen LogP contribution in [0.2, 0.25) is 0 Å². The number of aryl methyl sites for hydroxylation is 2. The quantitative estimate of drug-likeness (QED) is 0.812. The van der Waals surface area contributed by atoms with Crippen molar-refractivity contribution < 1.29 is 4.79 Å². The first-order valence-electron chi connectivity index (χ1n) is 6.95. The number of nitrogens with two attached hydrogens (primary N) is 1. The maximum atomic E-state index is 12.7. The Bertz CT molecular complexity index is 492. The largest absolute Gasteiger partial charge is 0.327 e. The number of benzene rings is 1. The SMILES string of the molecule is Cc1ccc(C)c(C(=O)C2C3CCC(C3)C2N)c1. The first-order chi connectivity index (χ1) is 8.58. The number of Topliss-reactive ketones (excluding diaryl/α,β-unsaturated/α-hetero) is 1. The Morgan fingerprint density at radius 1 is 1.22 bits per heavy atom. The van der Waals surface area contributed by atoms with Crippen LogP contribution in [-0.4, -0.2) is 11.8 Å². The number of fused-ring (bicyclic) bond motifs is 2. The van der Waals surface area contributed by atoms with E-state index in [2.05, 4.69) is 6.07 Å². The molecule has 96 valence electrons. The number of ketones is 1. The topological polar surface area (TPSA) is 43.1 Å². The molecule has 0 amide bonds. The molecule has 1 aromatic carbocycles. The molecule has 2 N–H and O–H groups in total. The van der Waals surface area contributed by atoms with Crippen LogP contribution in [0.15, 0.2) is 18.2 Å². The van der Waals surface area contributed by atoms with Crippen molar-refractivity contribution in [3.05, 3.63) is 34.9 Å². The van der Waals surface area contributed by atoms with Crippen molar-refractivity contribution in [3.8, 4) is 0 Å². The maximum absolute atomic E-state index is 12.7. The second kappa shape index (κ2) is 4.20. The third-order valence-corrected chi connectivity index (χ3v) is 4.94. The predicted octanol–water partition coefficient (Wildman–Crippen LogP) is 2.86. The minimum Gasteiger partial charge on any atom is -0.327 e. The van der Waals surface area contributed by atoms with Gasteiger partial charge in [-0.15, -0.1) is 0 Å². The van der Waals surface area contributed by atoms with Crippen LogP contribution in [0.1, 0.15) is 40.7 Å². The van der Waals surface area contributed by atoms with Gasteiger partial charge in [-0.25, -0.2) is 0 Å². The van der Waals surface area contributed by atoms with Crippen LogP contribution < -0.4 is 5.73 Å². The summed E-state index contributed by atoms with van der Waals surface area (Å²) in [4.78, 5) is 12.7. The summed E-state index contributed by atoms with van der Waals surface area (Å²) in [6, 6.07) is 6.22. The van der Waals surface area contributed by atoms with Crippen LogP contribution >= 0.6 is 0 Å². The molecule has 0 aromatic heterocycles. The zero-order valence-corrected chi connectivity index (χ0v) is 11.1. The second-order valence-corrected chi connectivity index (χ2v) is 6.12. The lowest BCUT2D eigenvalue weighted by Crippen LogP contribution is -2.40. The molecule has 2 heteroatoms. The van der Waals surface area contributed by atoms with Gasteiger partial charge in [0.15, 0.2) is 5.78 Å². The summed E-state index contributed by atoms with van der Waals surface area (Å²) in [6.45, 7) is 4.06. The van der Waals surface area contributed by atoms with Crippen LogP contribution in [0.25, 0.3) is 0 Å². The van der Waals surface area contributed by atoms with Gasteiger partial charge in [-0.05, 0) is 56.6 Å². The Labute approximate surface area is 109 Å². The molecule has 4 atom stereocenters. The lowest BCUT2D eigenvalue weighted by Gasteiger charge is -2.27. The highest BCUT2D eigenvalue weighted by Crippen LogP contribution is 2.48. The fraction of sp³-hybridized carbons (Fsp3) is 0.562. The fourth-order valence-electron chi connectivity index (χ4n) is 3.91. The van der Waals surface area contributed by atoms with Crippen molar-refractivity contribution in [1.29, 1.82) is 0 Å².